The highest BCUT2D eigenvalue weighted by atomic mass is 14.6. The molecule has 0 aromatic rings. The van der Waals surface area contributed by atoms with Gasteiger partial charge in [-0.25, -0.2) is 0 Å². The van der Waals surface area contributed by atoms with E-state index in [2.05, 4.69) is 6.42 Å². The molecule has 15 heavy (non-hydrogen) atoms. The lowest BCUT2D eigenvalue weighted by Gasteiger charge is -2.59. The van der Waals surface area contributed by atoms with Gasteiger partial charge in [-0.1, -0.05) is 6.42 Å². The lowest BCUT2D eigenvalue weighted by molar-refractivity contribution is -0.0782. The van der Waals surface area contributed by atoms with E-state index in [1.54, 1.807) is 38.5 Å². The Hall–Kier alpha value is 0. The first kappa shape index (κ1) is 9.07. The molecule has 1 atom stereocenters. The van der Waals surface area contributed by atoms with Gasteiger partial charge in [0.2, 0.25) is 0 Å². The predicted octanol–water partition coefficient (Wildman–Crippen LogP) is 4.21. The maximum Gasteiger partial charge on any atom is -0.0259 e. The molecule has 1 unspecified atom stereocenters. The van der Waals surface area contributed by atoms with Crippen LogP contribution in [-0.2, 0) is 0 Å². The summed E-state index contributed by atoms with van der Waals surface area (Å²) in [6.07, 6.45) is 16.8. The normalized spacial score (nSPS) is 54.0. The van der Waals surface area contributed by atoms with E-state index in [4.69, 9.17) is 0 Å². The highest BCUT2D eigenvalue weighted by Crippen LogP contribution is 2.64. The Morgan fingerprint density at radius 3 is 1.93 bits per heavy atom. The van der Waals surface area contributed by atoms with Crippen LogP contribution in [0.5, 0.6) is 0 Å². The fraction of sp³-hybridized carbons (Fsp3) is 0.933. The summed E-state index contributed by atoms with van der Waals surface area (Å²) in [5, 5.41) is 0. The van der Waals surface area contributed by atoms with Crippen LogP contribution in [0.1, 0.15) is 57.8 Å². The Bertz CT molecular complexity index is 224. The summed E-state index contributed by atoms with van der Waals surface area (Å²) >= 11 is 0. The van der Waals surface area contributed by atoms with Crippen molar-refractivity contribution in [1.29, 1.82) is 0 Å². The van der Waals surface area contributed by atoms with Crippen LogP contribution in [0.25, 0.3) is 0 Å². The number of rotatable bonds is 1. The first-order valence-electron chi connectivity index (χ1n) is 7.17. The molecule has 0 aliphatic heterocycles. The fourth-order valence-electron chi connectivity index (χ4n) is 5.96. The molecule has 0 saturated heterocycles. The highest BCUT2D eigenvalue weighted by Gasteiger charge is 2.54. The van der Waals surface area contributed by atoms with E-state index in [-0.39, 0.29) is 0 Å². The molecule has 5 fully saturated rings. The van der Waals surface area contributed by atoms with Crippen LogP contribution in [-0.4, -0.2) is 0 Å². The summed E-state index contributed by atoms with van der Waals surface area (Å²) < 4.78 is 0. The summed E-state index contributed by atoms with van der Waals surface area (Å²) in [5.41, 5.74) is 0.825. The fourth-order valence-corrected chi connectivity index (χ4v) is 5.96. The van der Waals surface area contributed by atoms with Gasteiger partial charge in [-0.05, 0) is 86.9 Å². The van der Waals surface area contributed by atoms with Crippen LogP contribution >= 0.6 is 0 Å². The topological polar surface area (TPSA) is 0 Å². The van der Waals surface area contributed by atoms with Crippen molar-refractivity contribution in [1.82, 2.24) is 0 Å². The Labute approximate surface area is 93.8 Å². The van der Waals surface area contributed by atoms with E-state index in [9.17, 15) is 0 Å². The first-order chi connectivity index (χ1) is 7.34. The van der Waals surface area contributed by atoms with Crippen LogP contribution in [0.15, 0.2) is 0 Å². The van der Waals surface area contributed by atoms with Crippen LogP contribution < -0.4 is 0 Å². The smallest absolute Gasteiger partial charge is 0.0259 e. The molecule has 0 aromatic heterocycles. The van der Waals surface area contributed by atoms with E-state index < -0.39 is 0 Å². The van der Waals surface area contributed by atoms with Gasteiger partial charge < -0.3 is 0 Å². The standard InChI is InChI=1S/C15H23/c1-2-4-14(3-1)15-8-11-5-12(9-15)7-13(6-11)10-15/h3,11-14H,1-2,4-10H2. The summed E-state index contributed by atoms with van der Waals surface area (Å²) in [7, 11) is 0. The van der Waals surface area contributed by atoms with Crippen molar-refractivity contribution in [2.24, 2.45) is 29.1 Å². The molecule has 5 saturated carbocycles. The Morgan fingerprint density at radius 2 is 1.47 bits per heavy atom. The molecule has 0 N–H and O–H groups in total. The second kappa shape index (κ2) is 3.02. The summed E-state index contributed by atoms with van der Waals surface area (Å²) in [6.45, 7) is 0. The van der Waals surface area contributed by atoms with Crippen molar-refractivity contribution in [2.75, 3.05) is 0 Å². The largest absolute Gasteiger partial charge is 0.0527 e. The minimum Gasteiger partial charge on any atom is -0.0527 e. The third kappa shape index (κ3) is 1.26. The van der Waals surface area contributed by atoms with Gasteiger partial charge in [0.15, 0.2) is 0 Å². The van der Waals surface area contributed by atoms with Crippen LogP contribution in [0.4, 0.5) is 0 Å². The maximum absolute atomic E-state index is 2.70. The molecule has 1 radical (unpaired) electrons. The molecule has 5 aliphatic rings. The lowest BCUT2D eigenvalue weighted by Crippen LogP contribution is -2.49. The molecule has 4 bridgehead atoms. The average molecular weight is 203 g/mol. The lowest BCUT2D eigenvalue weighted by atomic mass is 9.46. The monoisotopic (exact) mass is 203 g/mol. The molecular formula is C15H23. The minimum absolute atomic E-state index is 0.825. The van der Waals surface area contributed by atoms with E-state index in [0.717, 1.165) is 29.1 Å². The second-order valence-corrected chi connectivity index (χ2v) is 7.05. The SMILES string of the molecule is [CH]1CCCC1C12CC3CC(CC(C3)C1)C2. The van der Waals surface area contributed by atoms with Gasteiger partial charge in [-0.2, -0.15) is 0 Å². The van der Waals surface area contributed by atoms with Gasteiger partial charge >= 0.3 is 0 Å². The maximum atomic E-state index is 2.70. The molecule has 5 rings (SSSR count). The molecule has 5 aliphatic carbocycles. The van der Waals surface area contributed by atoms with Crippen molar-refractivity contribution < 1.29 is 0 Å². The van der Waals surface area contributed by atoms with Crippen molar-refractivity contribution in [3.8, 4) is 0 Å². The molecule has 0 aromatic carbocycles. The van der Waals surface area contributed by atoms with Gasteiger partial charge in [-0.3, -0.25) is 0 Å². The molecule has 0 spiro atoms. The van der Waals surface area contributed by atoms with Crippen molar-refractivity contribution >= 4 is 0 Å². The van der Waals surface area contributed by atoms with Gasteiger partial charge in [0.05, 0.1) is 0 Å². The molecule has 83 valence electrons. The van der Waals surface area contributed by atoms with Crippen LogP contribution in [0, 0.1) is 35.5 Å². The molecule has 0 heterocycles. The number of hydrogen-bond donors (Lipinski definition) is 0. The van der Waals surface area contributed by atoms with E-state index in [1.807, 2.05) is 0 Å². The predicted molar refractivity (Wildman–Crippen MR) is 62.2 cm³/mol. The van der Waals surface area contributed by atoms with Crippen LogP contribution in [0.3, 0.4) is 0 Å². The van der Waals surface area contributed by atoms with Gasteiger partial charge in [-0.15, -0.1) is 0 Å². The third-order valence-corrected chi connectivity index (χ3v) is 6.04. The molecule has 0 amide bonds. The zero-order valence-corrected chi connectivity index (χ0v) is 9.75. The average Bonchev–Trinajstić information content (AvgIpc) is 2.67. The van der Waals surface area contributed by atoms with Gasteiger partial charge in [0.25, 0.3) is 0 Å². The Kier molecular flexibility index (Phi) is 1.83. The summed E-state index contributed by atoms with van der Waals surface area (Å²) in [5.74, 6) is 4.46. The zero-order chi connectivity index (χ0) is 9.88. The van der Waals surface area contributed by atoms with Crippen molar-refractivity contribution in [3.63, 3.8) is 0 Å². The first-order valence-corrected chi connectivity index (χ1v) is 7.17. The molecule has 0 nitrogen and oxygen atoms in total. The molecule has 0 heteroatoms. The van der Waals surface area contributed by atoms with Crippen LogP contribution in [0.2, 0.25) is 0 Å². The quantitative estimate of drug-likeness (QED) is 0.599. The van der Waals surface area contributed by atoms with Gasteiger partial charge in [0, 0.05) is 0 Å². The summed E-state index contributed by atoms with van der Waals surface area (Å²) in [6, 6.07) is 0. The Balaban J connectivity index is 1.65. The van der Waals surface area contributed by atoms with E-state index in [0.29, 0.717) is 0 Å². The highest BCUT2D eigenvalue weighted by molar-refractivity contribution is 5.07. The number of hydrogen-bond acceptors (Lipinski definition) is 0. The molecular weight excluding hydrogens is 180 g/mol. The third-order valence-electron chi connectivity index (χ3n) is 6.04. The zero-order valence-electron chi connectivity index (χ0n) is 9.75. The van der Waals surface area contributed by atoms with E-state index in [1.165, 1.54) is 19.3 Å². The van der Waals surface area contributed by atoms with Gasteiger partial charge in [0.1, 0.15) is 0 Å². The van der Waals surface area contributed by atoms with Crippen molar-refractivity contribution in [3.05, 3.63) is 6.42 Å². The minimum atomic E-state index is 0.825. The second-order valence-electron chi connectivity index (χ2n) is 7.05. The van der Waals surface area contributed by atoms with Crippen molar-refractivity contribution in [2.45, 2.75) is 57.8 Å². The summed E-state index contributed by atoms with van der Waals surface area (Å²) in [4.78, 5) is 0. The van der Waals surface area contributed by atoms with E-state index >= 15 is 0 Å². The Morgan fingerprint density at radius 1 is 0.867 bits per heavy atom.